The zero-order valence-electron chi connectivity index (χ0n) is 39.5. The Kier molecular flexibility index (Phi) is 18.4. The first kappa shape index (κ1) is 50.8. The maximum absolute atomic E-state index is 9.66. The number of aliphatic hydroxyl groups excluding tert-OH is 2. The summed E-state index contributed by atoms with van der Waals surface area (Å²) in [5, 5.41) is 20.2. The lowest BCUT2D eigenvalue weighted by Gasteiger charge is -2.35. The van der Waals surface area contributed by atoms with Crippen molar-refractivity contribution in [2.75, 3.05) is 125 Å². The van der Waals surface area contributed by atoms with Crippen LogP contribution in [0, 0.1) is 0 Å². The van der Waals surface area contributed by atoms with Crippen LogP contribution in [0.5, 0.6) is 5.75 Å². The smallest absolute Gasteiger partial charge is 0.221 e. The summed E-state index contributed by atoms with van der Waals surface area (Å²) in [7, 11) is 3.82. The van der Waals surface area contributed by atoms with Gasteiger partial charge in [-0.05, 0) is 73.0 Å². The van der Waals surface area contributed by atoms with E-state index in [2.05, 4.69) is 73.6 Å². The fraction of sp³-hybridized carbons (Fsp3) is 0.400. The molecule has 366 valence electrons. The van der Waals surface area contributed by atoms with Crippen molar-refractivity contribution < 1.29 is 14.9 Å². The molecule has 8 N–H and O–H groups in total. The quantitative estimate of drug-likeness (QED) is 0.108. The summed E-state index contributed by atoms with van der Waals surface area (Å²) in [6, 6.07) is 23.7. The van der Waals surface area contributed by atoms with E-state index in [1.54, 1.807) is 13.3 Å². The van der Waals surface area contributed by atoms with Crippen molar-refractivity contribution in [2.24, 2.45) is 0 Å². The lowest BCUT2D eigenvalue weighted by atomic mass is 10.0. The minimum atomic E-state index is -0.213. The van der Waals surface area contributed by atoms with E-state index in [0.717, 1.165) is 165 Å². The molecule has 0 unspecified atom stereocenters. The molecule has 0 saturated carbocycles. The Morgan fingerprint density at radius 2 is 0.913 bits per heavy atom. The van der Waals surface area contributed by atoms with E-state index < -0.39 is 0 Å². The predicted octanol–water partition coefficient (Wildman–Crippen LogP) is 5.09. The largest absolute Gasteiger partial charge is 0.497 e. The zero-order valence-corrected chi connectivity index (χ0v) is 41.0. The third-order valence-electron chi connectivity index (χ3n) is 12.4. The number of nitrogens with zero attached hydrogens (tertiary/aromatic N) is 11. The van der Waals surface area contributed by atoms with Crippen molar-refractivity contribution in [3.05, 3.63) is 135 Å². The first-order chi connectivity index (χ1) is 33.4. The van der Waals surface area contributed by atoms with E-state index in [0.29, 0.717) is 11.9 Å². The Labute approximate surface area is 414 Å². The van der Waals surface area contributed by atoms with Gasteiger partial charge in [-0.3, -0.25) is 4.90 Å². The van der Waals surface area contributed by atoms with E-state index in [1.165, 1.54) is 5.56 Å². The molecule has 3 fully saturated rings. The molecule has 3 aliphatic heterocycles. The highest BCUT2D eigenvalue weighted by molar-refractivity contribution is 6.30. The SMILES string of the molecule is COc1ccc(Cc2cnc(N)nc2N2CCN(C)CC2)cc1.Nc1ncc(Cc2ccc(Cl)cc2)c(N2CCC(O)CC2)n1.Nc1ncc(Cc2ccc(Cl)cc2)c(N2CCN(CCO)CC2)n1. The molecule has 17 nitrogen and oxygen atoms in total. The van der Waals surface area contributed by atoms with Crippen molar-refractivity contribution in [3.63, 3.8) is 0 Å². The topological polar surface area (TPSA) is 221 Å². The van der Waals surface area contributed by atoms with Gasteiger partial charge in [0, 0.05) is 137 Å². The highest BCUT2D eigenvalue weighted by Crippen LogP contribution is 2.27. The first-order valence-corrected chi connectivity index (χ1v) is 24.1. The van der Waals surface area contributed by atoms with Gasteiger partial charge in [-0.15, -0.1) is 0 Å². The molecule has 3 aromatic carbocycles. The van der Waals surface area contributed by atoms with E-state index in [-0.39, 0.29) is 18.7 Å². The van der Waals surface area contributed by atoms with Crippen LogP contribution in [0.3, 0.4) is 0 Å². The summed E-state index contributed by atoms with van der Waals surface area (Å²) in [6.07, 6.45) is 9.00. The standard InChI is InChI=1S/C17H22ClN5O.C17H23N5O.C16H19ClN4O/c18-15-3-1-13(2-4-15)11-14-12-20-17(19)21-16(14)23-7-5-22(6-8-23)9-10-24;1-21-7-9-22(10-8-21)16-14(12-19-17(18)20-16)11-13-3-5-15(23-2)6-4-13;17-13-3-1-11(2-4-13)9-12-10-19-16(18)20-15(12)21-7-5-14(22)6-8-21/h1-4,12,24H,5-11H2,(H2,19,20,21);3-6,12H,7-11H2,1-2H3,(H2,18,19,20);1-4,10,14,22H,5-9H2,(H2,18,19,20). The predicted molar refractivity (Wildman–Crippen MR) is 277 cm³/mol. The number of benzene rings is 3. The maximum atomic E-state index is 9.66. The summed E-state index contributed by atoms with van der Waals surface area (Å²) in [5.41, 5.74) is 24.1. The molecule has 69 heavy (non-hydrogen) atoms. The van der Waals surface area contributed by atoms with Crippen LogP contribution in [-0.2, 0) is 19.3 Å². The van der Waals surface area contributed by atoms with Crippen molar-refractivity contribution in [2.45, 2.75) is 38.2 Å². The molecule has 0 spiro atoms. The summed E-state index contributed by atoms with van der Waals surface area (Å²) < 4.78 is 5.21. The maximum Gasteiger partial charge on any atom is 0.221 e. The third-order valence-corrected chi connectivity index (χ3v) is 12.9. The normalized spacial score (nSPS) is 15.8. The van der Waals surface area contributed by atoms with E-state index >= 15 is 0 Å². The van der Waals surface area contributed by atoms with Gasteiger partial charge in [0.25, 0.3) is 0 Å². The minimum absolute atomic E-state index is 0.197. The number of methoxy groups -OCH3 is 1. The molecule has 6 heterocycles. The van der Waals surface area contributed by atoms with E-state index in [9.17, 15) is 5.11 Å². The average Bonchev–Trinajstić information content (AvgIpc) is 3.36. The molecule has 3 aliphatic rings. The van der Waals surface area contributed by atoms with Gasteiger partial charge in [0.15, 0.2) is 0 Å². The van der Waals surface area contributed by atoms with Crippen LogP contribution in [0.1, 0.15) is 46.2 Å². The summed E-state index contributed by atoms with van der Waals surface area (Å²) >= 11 is 11.9. The van der Waals surface area contributed by atoms with Crippen molar-refractivity contribution in [1.82, 2.24) is 39.7 Å². The number of β-amino-alcohol motifs (C(OH)–C–C–N with tert-alkyl or cyclic N) is 1. The number of hydrogen-bond donors (Lipinski definition) is 5. The van der Waals surface area contributed by atoms with Crippen LogP contribution in [0.2, 0.25) is 10.0 Å². The van der Waals surface area contributed by atoms with Crippen molar-refractivity contribution >= 4 is 58.5 Å². The number of likely N-dealkylation sites (N-methyl/N-ethyl adjacent to an activating group) is 1. The molecular formula is C50H64Cl2N14O3. The highest BCUT2D eigenvalue weighted by atomic mass is 35.5. The van der Waals surface area contributed by atoms with Gasteiger partial charge >= 0.3 is 0 Å². The zero-order chi connectivity index (χ0) is 48.7. The van der Waals surface area contributed by atoms with E-state index in [4.69, 9.17) is 50.2 Å². The van der Waals surface area contributed by atoms with Crippen LogP contribution >= 0.6 is 23.2 Å². The van der Waals surface area contributed by atoms with Crippen LogP contribution in [0.15, 0.2) is 91.4 Å². The lowest BCUT2D eigenvalue weighted by Crippen LogP contribution is -2.47. The van der Waals surface area contributed by atoms with Gasteiger partial charge in [-0.25, -0.2) is 15.0 Å². The van der Waals surface area contributed by atoms with Crippen LogP contribution < -0.4 is 36.6 Å². The Balaban J connectivity index is 0.000000153. The van der Waals surface area contributed by atoms with Crippen LogP contribution in [0.25, 0.3) is 0 Å². The Morgan fingerprint density at radius 3 is 1.29 bits per heavy atom. The van der Waals surface area contributed by atoms with Gasteiger partial charge in [0.1, 0.15) is 23.2 Å². The number of piperidine rings is 1. The number of aromatic nitrogens is 6. The van der Waals surface area contributed by atoms with Gasteiger partial charge in [-0.2, -0.15) is 15.0 Å². The molecule has 3 saturated heterocycles. The van der Waals surface area contributed by atoms with Crippen molar-refractivity contribution in [3.8, 4) is 5.75 Å². The molecule has 3 aromatic heterocycles. The molecular weight excluding hydrogens is 916 g/mol. The second-order valence-electron chi connectivity index (χ2n) is 17.4. The molecule has 9 rings (SSSR count). The highest BCUT2D eigenvalue weighted by Gasteiger charge is 2.23. The fourth-order valence-corrected chi connectivity index (χ4v) is 8.71. The molecule has 0 amide bonds. The summed E-state index contributed by atoms with van der Waals surface area (Å²) in [5.74, 6) is 4.50. The molecule has 0 aliphatic carbocycles. The average molecular weight is 980 g/mol. The molecule has 0 atom stereocenters. The van der Waals surface area contributed by atoms with Gasteiger partial charge in [-0.1, -0.05) is 59.6 Å². The number of ether oxygens (including phenoxy) is 1. The van der Waals surface area contributed by atoms with E-state index in [1.807, 2.05) is 73.1 Å². The molecule has 19 heteroatoms. The number of anilines is 6. The fourth-order valence-electron chi connectivity index (χ4n) is 8.46. The Bertz CT molecular complexity index is 2520. The molecule has 6 aromatic rings. The number of halogens is 2. The van der Waals surface area contributed by atoms with Crippen molar-refractivity contribution in [1.29, 1.82) is 0 Å². The third kappa shape index (κ3) is 15.0. The van der Waals surface area contributed by atoms with Crippen LogP contribution in [0.4, 0.5) is 35.3 Å². The van der Waals surface area contributed by atoms with Crippen LogP contribution in [-0.4, -0.2) is 149 Å². The molecule has 0 radical (unpaired) electrons. The number of nitrogen functional groups attached to an aromatic ring is 3. The van der Waals surface area contributed by atoms with Gasteiger partial charge in [0.05, 0.1) is 19.8 Å². The number of hydrogen-bond acceptors (Lipinski definition) is 17. The Morgan fingerprint density at radius 1 is 0.551 bits per heavy atom. The number of aliphatic hydroxyl groups is 2. The Hall–Kier alpha value is -6.08. The summed E-state index contributed by atoms with van der Waals surface area (Å²) in [6.45, 7) is 10.0. The second kappa shape index (κ2) is 25.0. The molecule has 0 bridgehead atoms. The lowest BCUT2D eigenvalue weighted by molar-refractivity contribution is 0.145. The number of piperazine rings is 2. The minimum Gasteiger partial charge on any atom is -0.497 e. The van der Waals surface area contributed by atoms with Gasteiger partial charge < -0.3 is 51.8 Å². The number of rotatable bonds is 12. The number of nitrogens with two attached hydrogens (primary N) is 3. The first-order valence-electron chi connectivity index (χ1n) is 23.3. The van der Waals surface area contributed by atoms with Gasteiger partial charge in [0.2, 0.25) is 17.8 Å². The summed E-state index contributed by atoms with van der Waals surface area (Å²) in [4.78, 5) is 37.2. The monoisotopic (exact) mass is 978 g/mol. The second-order valence-corrected chi connectivity index (χ2v) is 18.3.